The fourth-order valence-electron chi connectivity index (χ4n) is 1.81. The van der Waals surface area contributed by atoms with Gasteiger partial charge >= 0.3 is 12.1 Å². The van der Waals surface area contributed by atoms with Crippen LogP contribution in [0.2, 0.25) is 0 Å². The van der Waals surface area contributed by atoms with E-state index in [9.17, 15) is 18.0 Å². The van der Waals surface area contributed by atoms with Gasteiger partial charge in [-0.25, -0.2) is 4.79 Å². The van der Waals surface area contributed by atoms with E-state index in [4.69, 9.17) is 4.74 Å². The number of hydrogen-bond acceptors (Lipinski definition) is 3. The molecule has 1 fully saturated rings. The van der Waals surface area contributed by atoms with Gasteiger partial charge in [-0.15, -0.1) is 6.58 Å². The smallest absolute Gasteiger partial charge is 0.417 e. The lowest BCUT2D eigenvalue weighted by Gasteiger charge is -2.26. The number of hydrogen-bond donors (Lipinski definition) is 0. The Morgan fingerprint density at radius 2 is 2.24 bits per heavy atom. The Morgan fingerprint density at radius 3 is 2.65 bits per heavy atom. The molecule has 0 amide bonds. The zero-order valence-corrected chi connectivity index (χ0v) is 9.71. The Bertz CT molecular complexity index is 314. The highest BCUT2D eigenvalue weighted by Gasteiger charge is 2.60. The van der Waals surface area contributed by atoms with Crippen LogP contribution in [-0.2, 0) is 14.3 Å². The monoisotopic (exact) mass is 252 g/mol. The van der Waals surface area contributed by atoms with E-state index >= 15 is 0 Å². The molecule has 0 aromatic heterocycles. The van der Waals surface area contributed by atoms with E-state index in [0.717, 1.165) is 6.92 Å². The minimum absolute atomic E-state index is 0.102. The van der Waals surface area contributed by atoms with Crippen LogP contribution in [-0.4, -0.2) is 30.5 Å². The summed E-state index contributed by atoms with van der Waals surface area (Å²) in [6.45, 7) is 6.05. The van der Waals surface area contributed by atoms with Crippen molar-refractivity contribution in [1.82, 2.24) is 0 Å². The second-order valence-electron chi connectivity index (χ2n) is 4.12. The molecule has 6 heteroatoms. The summed E-state index contributed by atoms with van der Waals surface area (Å²) >= 11 is 0. The molecule has 98 valence electrons. The van der Waals surface area contributed by atoms with Gasteiger partial charge in [0.05, 0.1) is 6.61 Å². The van der Waals surface area contributed by atoms with Gasteiger partial charge in [-0.3, -0.25) is 0 Å². The third kappa shape index (κ3) is 2.62. The third-order valence-corrected chi connectivity index (χ3v) is 2.82. The maximum atomic E-state index is 12.8. The average molecular weight is 252 g/mol. The molecule has 0 spiro atoms. The molecule has 3 atom stereocenters. The van der Waals surface area contributed by atoms with Gasteiger partial charge in [-0.05, 0) is 20.3 Å². The van der Waals surface area contributed by atoms with Crippen LogP contribution < -0.4 is 0 Å². The number of rotatable bonds is 3. The molecule has 1 heterocycles. The van der Waals surface area contributed by atoms with E-state index < -0.39 is 29.8 Å². The number of esters is 1. The molecule has 0 aliphatic carbocycles. The van der Waals surface area contributed by atoms with Gasteiger partial charge in [0.25, 0.3) is 0 Å². The standard InChI is InChI=1S/C11H15F3O3/c1-4-7-6-10(3,11(12,13)14)17-8(7)9(15)16-5-2/h4,7-8H,1,5-6H2,2-3H3/t7-,8+,10-/m1/s1. The van der Waals surface area contributed by atoms with Gasteiger partial charge in [-0.1, -0.05) is 6.08 Å². The van der Waals surface area contributed by atoms with Crippen LogP contribution in [0.15, 0.2) is 12.7 Å². The first-order chi connectivity index (χ1) is 7.75. The summed E-state index contributed by atoms with van der Waals surface area (Å²) in [4.78, 5) is 11.5. The minimum atomic E-state index is -4.52. The van der Waals surface area contributed by atoms with E-state index in [0.29, 0.717) is 0 Å². The molecular weight excluding hydrogens is 237 g/mol. The van der Waals surface area contributed by atoms with Crippen LogP contribution in [0.1, 0.15) is 20.3 Å². The van der Waals surface area contributed by atoms with Gasteiger partial charge < -0.3 is 9.47 Å². The van der Waals surface area contributed by atoms with Crippen molar-refractivity contribution in [3.8, 4) is 0 Å². The van der Waals surface area contributed by atoms with Gasteiger partial charge in [0.2, 0.25) is 0 Å². The summed E-state index contributed by atoms with van der Waals surface area (Å²) in [5.74, 6) is -1.45. The number of ether oxygens (including phenoxy) is 2. The second-order valence-corrected chi connectivity index (χ2v) is 4.12. The summed E-state index contributed by atoms with van der Waals surface area (Å²) in [5.41, 5.74) is -2.32. The first-order valence-corrected chi connectivity index (χ1v) is 5.29. The van der Waals surface area contributed by atoms with Crippen molar-refractivity contribution in [2.75, 3.05) is 6.61 Å². The Hall–Kier alpha value is -1.04. The maximum Gasteiger partial charge on any atom is 0.417 e. The summed E-state index contributed by atoms with van der Waals surface area (Å²) in [6.07, 6.45) is -4.75. The lowest BCUT2D eigenvalue weighted by molar-refractivity contribution is -0.264. The molecule has 0 N–H and O–H groups in total. The fraction of sp³-hybridized carbons (Fsp3) is 0.727. The van der Waals surface area contributed by atoms with Crippen LogP contribution >= 0.6 is 0 Å². The highest BCUT2D eigenvalue weighted by molar-refractivity contribution is 5.76. The van der Waals surface area contributed by atoms with E-state index in [1.54, 1.807) is 6.92 Å². The summed E-state index contributed by atoms with van der Waals surface area (Å²) in [6, 6.07) is 0. The SMILES string of the molecule is C=C[C@@H]1C[C@](C)(C(F)(F)F)O[C@@H]1C(=O)OCC. The minimum Gasteiger partial charge on any atom is -0.464 e. The Labute approximate surface area is 97.6 Å². The Balaban J connectivity index is 2.88. The Kier molecular flexibility index (Phi) is 3.86. The molecule has 0 aromatic rings. The molecule has 0 unspecified atom stereocenters. The normalized spacial score (nSPS) is 33.5. The molecule has 0 saturated carbocycles. The summed E-state index contributed by atoms with van der Waals surface area (Å²) in [7, 11) is 0. The van der Waals surface area contributed by atoms with Crippen molar-refractivity contribution in [2.24, 2.45) is 5.92 Å². The number of alkyl halides is 3. The van der Waals surface area contributed by atoms with Crippen molar-refractivity contribution in [1.29, 1.82) is 0 Å². The van der Waals surface area contributed by atoms with Crippen LogP contribution in [0.4, 0.5) is 13.2 Å². The van der Waals surface area contributed by atoms with E-state index in [1.807, 2.05) is 0 Å². The van der Waals surface area contributed by atoms with Crippen molar-refractivity contribution in [2.45, 2.75) is 38.1 Å². The molecule has 0 radical (unpaired) electrons. The molecule has 0 aromatic carbocycles. The molecular formula is C11H15F3O3. The lowest BCUT2D eigenvalue weighted by atomic mass is 9.92. The van der Waals surface area contributed by atoms with Crippen LogP contribution in [0.5, 0.6) is 0 Å². The highest BCUT2D eigenvalue weighted by atomic mass is 19.4. The predicted molar refractivity (Wildman–Crippen MR) is 54.3 cm³/mol. The summed E-state index contributed by atoms with van der Waals surface area (Å²) in [5, 5.41) is 0. The van der Waals surface area contributed by atoms with Crippen LogP contribution in [0, 0.1) is 5.92 Å². The molecule has 0 bridgehead atoms. The average Bonchev–Trinajstić information content (AvgIpc) is 2.57. The van der Waals surface area contributed by atoms with E-state index in [1.165, 1.54) is 6.08 Å². The topological polar surface area (TPSA) is 35.5 Å². The van der Waals surface area contributed by atoms with Gasteiger partial charge in [-0.2, -0.15) is 13.2 Å². The summed E-state index contributed by atoms with van der Waals surface area (Å²) < 4.78 is 47.8. The van der Waals surface area contributed by atoms with Gasteiger partial charge in [0.15, 0.2) is 11.7 Å². The third-order valence-electron chi connectivity index (χ3n) is 2.82. The van der Waals surface area contributed by atoms with Crippen molar-refractivity contribution >= 4 is 5.97 Å². The number of halogens is 3. The Morgan fingerprint density at radius 1 is 1.65 bits per heavy atom. The van der Waals surface area contributed by atoms with Crippen LogP contribution in [0.3, 0.4) is 0 Å². The number of carbonyl (C=O) groups excluding carboxylic acids is 1. The fourth-order valence-corrected chi connectivity index (χ4v) is 1.81. The molecule has 1 saturated heterocycles. The molecule has 1 rings (SSSR count). The van der Waals surface area contributed by atoms with Crippen LogP contribution in [0.25, 0.3) is 0 Å². The van der Waals surface area contributed by atoms with Crippen molar-refractivity contribution in [3.63, 3.8) is 0 Å². The molecule has 1 aliphatic rings. The van der Waals surface area contributed by atoms with E-state index in [-0.39, 0.29) is 13.0 Å². The zero-order valence-electron chi connectivity index (χ0n) is 9.71. The van der Waals surface area contributed by atoms with E-state index in [2.05, 4.69) is 11.3 Å². The largest absolute Gasteiger partial charge is 0.464 e. The molecule has 3 nitrogen and oxygen atoms in total. The maximum absolute atomic E-state index is 12.8. The molecule has 17 heavy (non-hydrogen) atoms. The van der Waals surface area contributed by atoms with Crippen molar-refractivity contribution < 1.29 is 27.4 Å². The van der Waals surface area contributed by atoms with Gasteiger partial charge in [0, 0.05) is 5.92 Å². The zero-order chi connectivity index (χ0) is 13.3. The number of carbonyl (C=O) groups is 1. The predicted octanol–water partition coefficient (Wildman–Crippen LogP) is 2.46. The second kappa shape index (κ2) is 4.68. The van der Waals surface area contributed by atoms with Crippen molar-refractivity contribution in [3.05, 3.63) is 12.7 Å². The highest BCUT2D eigenvalue weighted by Crippen LogP contribution is 2.46. The van der Waals surface area contributed by atoms with Gasteiger partial charge in [0.1, 0.15) is 0 Å². The quantitative estimate of drug-likeness (QED) is 0.571. The molecule has 1 aliphatic heterocycles. The lowest BCUT2D eigenvalue weighted by Crippen LogP contribution is -2.43. The first-order valence-electron chi connectivity index (χ1n) is 5.29. The first kappa shape index (κ1) is 14.0.